The van der Waals surface area contributed by atoms with Crippen LogP contribution in [0.1, 0.15) is 31.1 Å². The van der Waals surface area contributed by atoms with Crippen molar-refractivity contribution in [2.45, 2.75) is 0 Å². The monoisotopic (exact) mass is 441 g/mol. The van der Waals surface area contributed by atoms with Gasteiger partial charge in [-0.1, -0.05) is 6.07 Å². The summed E-state index contributed by atoms with van der Waals surface area (Å²) in [6.45, 7) is -0.00609. The van der Waals surface area contributed by atoms with Gasteiger partial charge in [0.25, 0.3) is 17.7 Å². The van der Waals surface area contributed by atoms with Gasteiger partial charge < -0.3 is 16.0 Å². The highest BCUT2D eigenvalue weighted by Crippen LogP contribution is 2.13. The second kappa shape index (κ2) is 10.3. The predicted octanol–water partition coefficient (Wildman–Crippen LogP) is 3.52. The molecule has 32 heavy (non-hydrogen) atoms. The molecule has 9 heteroatoms. The summed E-state index contributed by atoms with van der Waals surface area (Å²) in [5, 5.41) is 7.53. The summed E-state index contributed by atoms with van der Waals surface area (Å²) in [7, 11) is 0. The molecular weight excluding hydrogens is 423 g/mol. The SMILES string of the molecule is O=C(NCCNC(=O)c1c(F)cccc1F)c1ccc(NC(=O)c2ccc(F)cc2)cc1. The largest absolute Gasteiger partial charge is 0.350 e. The molecule has 3 aromatic carbocycles. The van der Waals surface area contributed by atoms with Crippen LogP contribution in [0.15, 0.2) is 66.7 Å². The molecule has 0 heterocycles. The van der Waals surface area contributed by atoms with Crippen molar-refractivity contribution in [1.82, 2.24) is 10.6 Å². The zero-order valence-corrected chi connectivity index (χ0v) is 16.6. The number of carbonyl (C=O) groups excluding carboxylic acids is 3. The molecule has 0 aliphatic heterocycles. The van der Waals surface area contributed by atoms with Gasteiger partial charge in [0.15, 0.2) is 0 Å². The number of hydrogen-bond donors (Lipinski definition) is 3. The molecule has 0 radical (unpaired) electrons. The molecule has 0 aliphatic rings. The lowest BCUT2D eigenvalue weighted by Gasteiger charge is -2.09. The molecule has 0 spiro atoms. The van der Waals surface area contributed by atoms with Gasteiger partial charge in [-0.3, -0.25) is 14.4 Å². The molecule has 0 fully saturated rings. The van der Waals surface area contributed by atoms with Crippen molar-refractivity contribution in [3.63, 3.8) is 0 Å². The molecule has 0 atom stereocenters. The highest BCUT2D eigenvalue weighted by Gasteiger charge is 2.16. The zero-order valence-electron chi connectivity index (χ0n) is 16.6. The lowest BCUT2D eigenvalue weighted by atomic mass is 10.1. The lowest BCUT2D eigenvalue weighted by Crippen LogP contribution is -2.35. The van der Waals surface area contributed by atoms with Crippen LogP contribution < -0.4 is 16.0 Å². The van der Waals surface area contributed by atoms with Gasteiger partial charge in [-0.05, 0) is 60.7 Å². The first kappa shape index (κ1) is 22.5. The minimum absolute atomic E-state index is 0.0314. The van der Waals surface area contributed by atoms with Gasteiger partial charge in [0.1, 0.15) is 23.0 Å². The van der Waals surface area contributed by atoms with Crippen molar-refractivity contribution in [2.24, 2.45) is 0 Å². The fourth-order valence-electron chi connectivity index (χ4n) is 2.77. The Kier molecular flexibility index (Phi) is 7.22. The Balaban J connectivity index is 1.47. The third-order valence-corrected chi connectivity index (χ3v) is 4.40. The zero-order chi connectivity index (χ0) is 23.1. The quantitative estimate of drug-likeness (QED) is 0.491. The maximum Gasteiger partial charge on any atom is 0.257 e. The Labute approximate surface area is 181 Å². The van der Waals surface area contributed by atoms with Crippen LogP contribution in [0.25, 0.3) is 0 Å². The van der Waals surface area contributed by atoms with Crippen molar-refractivity contribution in [3.05, 3.63) is 101 Å². The van der Waals surface area contributed by atoms with Crippen LogP contribution in [0.5, 0.6) is 0 Å². The van der Waals surface area contributed by atoms with Crippen LogP contribution in [-0.2, 0) is 0 Å². The number of anilines is 1. The Hall–Kier alpha value is -4.14. The van der Waals surface area contributed by atoms with Gasteiger partial charge in [0.2, 0.25) is 0 Å². The minimum atomic E-state index is -0.974. The second-order valence-corrected chi connectivity index (χ2v) is 6.65. The maximum absolute atomic E-state index is 13.6. The average Bonchev–Trinajstić information content (AvgIpc) is 2.77. The smallest absolute Gasteiger partial charge is 0.257 e. The third-order valence-electron chi connectivity index (χ3n) is 4.40. The van der Waals surface area contributed by atoms with E-state index < -0.39 is 40.7 Å². The fraction of sp³-hybridized carbons (Fsp3) is 0.0870. The van der Waals surface area contributed by atoms with E-state index in [1.807, 2.05) is 0 Å². The Bertz CT molecular complexity index is 1110. The maximum atomic E-state index is 13.6. The topological polar surface area (TPSA) is 87.3 Å². The van der Waals surface area contributed by atoms with Crippen molar-refractivity contribution >= 4 is 23.4 Å². The molecule has 3 amide bonds. The van der Waals surface area contributed by atoms with E-state index in [1.54, 1.807) is 0 Å². The van der Waals surface area contributed by atoms with E-state index in [-0.39, 0.29) is 18.7 Å². The van der Waals surface area contributed by atoms with E-state index in [9.17, 15) is 27.6 Å². The first-order valence-electron chi connectivity index (χ1n) is 9.52. The standard InChI is InChI=1S/C23H18F3N3O3/c24-16-8-4-15(5-9-16)22(31)29-17-10-6-14(7-11-17)21(30)27-12-13-28-23(32)20-18(25)2-1-3-19(20)26/h1-11H,12-13H2,(H,27,30)(H,28,32)(H,29,31). The molecule has 0 unspecified atom stereocenters. The first-order valence-corrected chi connectivity index (χ1v) is 9.52. The van der Waals surface area contributed by atoms with Crippen LogP contribution in [0.3, 0.4) is 0 Å². The normalized spacial score (nSPS) is 10.3. The second-order valence-electron chi connectivity index (χ2n) is 6.65. The van der Waals surface area contributed by atoms with E-state index in [2.05, 4.69) is 16.0 Å². The van der Waals surface area contributed by atoms with E-state index in [0.717, 1.165) is 18.2 Å². The number of amides is 3. The van der Waals surface area contributed by atoms with Crippen LogP contribution >= 0.6 is 0 Å². The Morgan fingerprint density at radius 3 is 1.72 bits per heavy atom. The summed E-state index contributed by atoms with van der Waals surface area (Å²) in [5.41, 5.74) is 0.342. The molecular formula is C23H18F3N3O3. The number of carbonyl (C=O) groups is 3. The summed E-state index contributed by atoms with van der Waals surface area (Å²) in [5.74, 6) is -4.18. The number of halogens is 3. The summed E-state index contributed by atoms with van der Waals surface area (Å²) < 4.78 is 40.1. The molecule has 3 N–H and O–H groups in total. The molecule has 0 aliphatic carbocycles. The highest BCUT2D eigenvalue weighted by atomic mass is 19.1. The lowest BCUT2D eigenvalue weighted by molar-refractivity contribution is 0.0922. The van der Waals surface area contributed by atoms with Gasteiger partial charge in [-0.2, -0.15) is 0 Å². The molecule has 3 rings (SSSR count). The van der Waals surface area contributed by atoms with Gasteiger partial charge in [0, 0.05) is 29.9 Å². The van der Waals surface area contributed by atoms with Crippen LogP contribution in [0.4, 0.5) is 18.9 Å². The van der Waals surface area contributed by atoms with Gasteiger partial charge in [-0.15, -0.1) is 0 Å². The molecule has 0 saturated carbocycles. The highest BCUT2D eigenvalue weighted by molar-refractivity contribution is 6.04. The number of rotatable bonds is 7. The van der Waals surface area contributed by atoms with Crippen LogP contribution in [0.2, 0.25) is 0 Å². The molecule has 3 aromatic rings. The van der Waals surface area contributed by atoms with Crippen LogP contribution in [0, 0.1) is 17.5 Å². The van der Waals surface area contributed by atoms with Crippen molar-refractivity contribution in [2.75, 3.05) is 18.4 Å². The molecule has 0 bridgehead atoms. The van der Waals surface area contributed by atoms with Gasteiger partial charge >= 0.3 is 0 Å². The van der Waals surface area contributed by atoms with Crippen LogP contribution in [-0.4, -0.2) is 30.8 Å². The first-order chi connectivity index (χ1) is 15.3. The Morgan fingerprint density at radius 2 is 1.12 bits per heavy atom. The van der Waals surface area contributed by atoms with Crippen molar-refractivity contribution in [1.29, 1.82) is 0 Å². The number of benzene rings is 3. The van der Waals surface area contributed by atoms with Crippen molar-refractivity contribution in [3.8, 4) is 0 Å². The van der Waals surface area contributed by atoms with E-state index >= 15 is 0 Å². The summed E-state index contributed by atoms with van der Waals surface area (Å²) in [6.07, 6.45) is 0. The van der Waals surface area contributed by atoms with Crippen molar-refractivity contribution < 1.29 is 27.6 Å². The molecule has 0 aromatic heterocycles. The minimum Gasteiger partial charge on any atom is -0.350 e. The predicted molar refractivity (Wildman–Crippen MR) is 112 cm³/mol. The van der Waals surface area contributed by atoms with E-state index in [1.165, 1.54) is 48.5 Å². The molecule has 0 saturated heterocycles. The van der Waals surface area contributed by atoms with Gasteiger partial charge in [-0.25, -0.2) is 13.2 Å². The number of nitrogens with one attached hydrogen (secondary N) is 3. The Morgan fingerprint density at radius 1 is 0.625 bits per heavy atom. The van der Waals surface area contributed by atoms with E-state index in [0.29, 0.717) is 11.3 Å². The van der Waals surface area contributed by atoms with Gasteiger partial charge in [0.05, 0.1) is 0 Å². The van der Waals surface area contributed by atoms with E-state index in [4.69, 9.17) is 0 Å². The average molecular weight is 441 g/mol. The summed E-state index contributed by atoms with van der Waals surface area (Å²) >= 11 is 0. The molecule has 6 nitrogen and oxygen atoms in total. The fourth-order valence-corrected chi connectivity index (χ4v) is 2.77. The third kappa shape index (κ3) is 5.72. The molecule has 164 valence electrons. The number of hydrogen-bond acceptors (Lipinski definition) is 3. The summed E-state index contributed by atoms with van der Waals surface area (Å²) in [4.78, 5) is 36.2. The summed E-state index contributed by atoms with van der Waals surface area (Å²) in [6, 6.07) is 14.2.